The van der Waals surface area contributed by atoms with Gasteiger partial charge >= 0.3 is 0 Å². The number of nitrogens with zero attached hydrogens (tertiary/aromatic N) is 4. The van der Waals surface area contributed by atoms with E-state index >= 15 is 0 Å². The normalized spacial score (nSPS) is 12.8. The summed E-state index contributed by atoms with van der Waals surface area (Å²) in [5, 5.41) is 2.23. The molecule has 1 aliphatic rings. The summed E-state index contributed by atoms with van der Waals surface area (Å²) in [6.07, 6.45) is 1.86. The average molecular weight is 1120 g/mol. The molecule has 0 amide bonds. The molecular weight excluding hydrogens is 1060 g/mol. The van der Waals surface area contributed by atoms with E-state index in [4.69, 9.17) is 9.72 Å². The van der Waals surface area contributed by atoms with Crippen LogP contribution in [0.4, 0.5) is 22.7 Å². The van der Waals surface area contributed by atoms with Crippen molar-refractivity contribution in [3.05, 3.63) is 246 Å². The van der Waals surface area contributed by atoms with Crippen molar-refractivity contribution in [3.8, 4) is 28.3 Å². The third-order valence-electron chi connectivity index (χ3n) is 14.7. The van der Waals surface area contributed by atoms with Crippen LogP contribution < -0.4 is 14.5 Å². The average Bonchev–Trinajstić information content (AvgIpc) is 3.93. The van der Waals surface area contributed by atoms with E-state index in [1.165, 1.54) is 44.5 Å². The summed E-state index contributed by atoms with van der Waals surface area (Å²) < 4.78 is 9.16. The molecule has 0 unspecified atom stereocenters. The Bertz CT molecular complexity index is 3480. The number of fused-ring (bicyclic) bond motifs is 4. The molecule has 0 spiro atoms. The maximum atomic E-state index is 6.95. The summed E-state index contributed by atoms with van der Waals surface area (Å²) in [6.45, 7) is 22.7. The number of rotatable bonds is 10. The number of pyridine rings is 1. The van der Waals surface area contributed by atoms with E-state index in [9.17, 15) is 0 Å². The maximum Gasteiger partial charge on any atom is 0.143 e. The number of aromatic nitrogens is 2. The van der Waals surface area contributed by atoms with Crippen LogP contribution in [0.25, 0.3) is 38.8 Å². The van der Waals surface area contributed by atoms with Crippen molar-refractivity contribution in [1.29, 1.82) is 0 Å². The van der Waals surface area contributed by atoms with Crippen LogP contribution in [-0.4, -0.2) is 9.55 Å². The monoisotopic (exact) mass is 1120 g/mol. The van der Waals surface area contributed by atoms with Crippen LogP contribution in [0.1, 0.15) is 87.4 Å². The van der Waals surface area contributed by atoms with Crippen molar-refractivity contribution in [2.45, 2.75) is 78.6 Å². The largest absolute Gasteiger partial charge is 0.509 e. The van der Waals surface area contributed by atoms with Crippen LogP contribution in [0.5, 0.6) is 11.5 Å². The smallest absolute Gasteiger partial charge is 0.143 e. The number of anilines is 4. The molecule has 0 saturated heterocycles. The van der Waals surface area contributed by atoms with Crippen molar-refractivity contribution in [3.63, 3.8) is 0 Å². The van der Waals surface area contributed by atoms with Gasteiger partial charge < -0.3 is 19.1 Å². The Hall–Kier alpha value is -7.20. The second-order valence-corrected chi connectivity index (χ2v) is 21.2. The molecule has 72 heavy (non-hydrogen) atoms. The standard InChI is InChI=1S/C66H59N4O.Pt/c1-44-21-18-22-45(2)62(44)46-35-54(70-59-31-17-16-29-57(59)58-30-20-34-67-63(58)70)42-56(36-46)71-55-28-19-27-52(41-55)68-43-69(60-33-32-49(40-61(60)68)64(3,4)5)53-38-50(65(6,7)47-23-12-10-13-24-47)37-51(39-53)66(8,9)48-25-14-11-15-26-48;/h10-40,43H,1-9H3;/q-3;. The molecule has 0 atom stereocenters. The first-order chi connectivity index (χ1) is 34.1. The van der Waals surface area contributed by atoms with Crippen molar-refractivity contribution < 1.29 is 25.8 Å². The van der Waals surface area contributed by atoms with E-state index < -0.39 is 0 Å². The van der Waals surface area contributed by atoms with Gasteiger partial charge in [-0.15, -0.1) is 54.3 Å². The van der Waals surface area contributed by atoms with E-state index in [1.54, 1.807) is 0 Å². The zero-order valence-electron chi connectivity index (χ0n) is 42.5. The zero-order valence-corrected chi connectivity index (χ0v) is 44.8. The van der Waals surface area contributed by atoms with Crippen LogP contribution in [-0.2, 0) is 37.3 Å². The summed E-state index contributed by atoms with van der Waals surface area (Å²) in [5.41, 5.74) is 17.1. The fourth-order valence-corrected chi connectivity index (χ4v) is 10.5. The molecule has 0 bridgehead atoms. The van der Waals surface area contributed by atoms with Gasteiger partial charge in [-0.3, -0.25) is 0 Å². The Morgan fingerprint density at radius 3 is 1.76 bits per heavy atom. The zero-order chi connectivity index (χ0) is 49.2. The molecule has 0 saturated carbocycles. The summed E-state index contributed by atoms with van der Waals surface area (Å²) in [4.78, 5) is 9.53. The van der Waals surface area contributed by atoms with Gasteiger partial charge in [0, 0.05) is 77.4 Å². The summed E-state index contributed by atoms with van der Waals surface area (Å²) >= 11 is 0. The first-order valence-electron chi connectivity index (χ1n) is 24.7. The fourth-order valence-electron chi connectivity index (χ4n) is 10.5. The van der Waals surface area contributed by atoms with Crippen molar-refractivity contribution in [2.24, 2.45) is 0 Å². The minimum Gasteiger partial charge on any atom is -0.509 e. The number of hydrogen-bond acceptors (Lipinski definition) is 4. The van der Waals surface area contributed by atoms with Crippen molar-refractivity contribution in [1.82, 2.24) is 9.55 Å². The molecule has 1 aliphatic heterocycles. The van der Waals surface area contributed by atoms with Gasteiger partial charge in [-0.1, -0.05) is 163 Å². The van der Waals surface area contributed by atoms with E-state index in [-0.39, 0.29) is 37.3 Å². The number of ether oxygens (including phenoxy) is 1. The molecule has 8 aromatic carbocycles. The Kier molecular flexibility index (Phi) is 12.6. The van der Waals surface area contributed by atoms with E-state index in [1.807, 2.05) is 18.3 Å². The van der Waals surface area contributed by atoms with Crippen LogP contribution >= 0.6 is 0 Å². The van der Waals surface area contributed by atoms with Crippen LogP contribution in [0.3, 0.4) is 0 Å². The minimum atomic E-state index is -0.277. The van der Waals surface area contributed by atoms with Gasteiger partial charge in [0.15, 0.2) is 0 Å². The van der Waals surface area contributed by atoms with E-state index in [0.29, 0.717) is 11.5 Å². The van der Waals surface area contributed by atoms with Crippen molar-refractivity contribution >= 4 is 44.7 Å². The van der Waals surface area contributed by atoms with Gasteiger partial charge in [-0.2, -0.15) is 6.07 Å². The van der Waals surface area contributed by atoms with Gasteiger partial charge in [0.1, 0.15) is 5.65 Å². The molecule has 5 nitrogen and oxygen atoms in total. The predicted molar refractivity (Wildman–Crippen MR) is 295 cm³/mol. The first-order valence-corrected chi connectivity index (χ1v) is 24.7. The predicted octanol–water partition coefficient (Wildman–Crippen LogP) is 17.2. The fraction of sp³-hybridized carbons (Fsp3) is 0.182. The van der Waals surface area contributed by atoms with Crippen molar-refractivity contribution in [2.75, 3.05) is 9.80 Å². The summed E-state index contributed by atoms with van der Waals surface area (Å²) in [6, 6.07) is 72.8. The van der Waals surface area contributed by atoms with Crippen LogP contribution in [0.15, 0.2) is 188 Å². The number of hydrogen-bond donors (Lipinski definition) is 0. The molecule has 6 heteroatoms. The van der Waals surface area contributed by atoms with Gasteiger partial charge in [-0.25, -0.2) is 4.98 Å². The van der Waals surface area contributed by atoms with Crippen LogP contribution in [0, 0.1) is 32.6 Å². The molecule has 0 fully saturated rings. The molecule has 362 valence electrons. The molecular formula is C66H59N4OPt-3. The van der Waals surface area contributed by atoms with E-state index in [2.05, 4.69) is 265 Å². The topological polar surface area (TPSA) is 33.5 Å². The second kappa shape index (κ2) is 18.8. The molecule has 2 aromatic heterocycles. The van der Waals surface area contributed by atoms with Gasteiger partial charge in [0.2, 0.25) is 0 Å². The SMILES string of the molecule is Cc1cccc(C)c1-c1cc(Oc2[c-]c(N3[CH-]N(c4cc(C(C)(C)c5ccccc5)cc(C(C)(C)c5ccccc5)c4)c4ccc(C(C)(C)C)cc43)ccc2)[c-]c(-n2c3ccccc3c3cccnc32)c1.[Pt]. The molecule has 3 heterocycles. The number of aryl methyl sites for hydroxylation is 2. The third-order valence-corrected chi connectivity index (χ3v) is 14.7. The Labute approximate surface area is 440 Å². The Balaban J connectivity index is 0.00000596. The summed E-state index contributed by atoms with van der Waals surface area (Å²) in [5.74, 6) is 1.17. The van der Waals surface area contributed by atoms with Crippen LogP contribution in [0.2, 0.25) is 0 Å². The number of para-hydroxylation sites is 1. The quantitative estimate of drug-likeness (QED) is 0.128. The van der Waals surface area contributed by atoms with Gasteiger partial charge in [0.25, 0.3) is 0 Å². The third kappa shape index (κ3) is 8.72. The van der Waals surface area contributed by atoms with Gasteiger partial charge in [0.05, 0.1) is 5.52 Å². The molecule has 10 aromatic rings. The molecule has 0 N–H and O–H groups in total. The van der Waals surface area contributed by atoms with Gasteiger partial charge in [-0.05, 0) is 106 Å². The Morgan fingerprint density at radius 2 is 1.10 bits per heavy atom. The molecule has 0 aliphatic carbocycles. The first kappa shape index (κ1) is 48.4. The molecule has 11 rings (SSSR count). The molecule has 0 radical (unpaired) electrons. The second-order valence-electron chi connectivity index (χ2n) is 21.2. The van der Waals surface area contributed by atoms with E-state index in [0.717, 1.165) is 55.9 Å². The minimum absolute atomic E-state index is 0. The summed E-state index contributed by atoms with van der Waals surface area (Å²) in [7, 11) is 0. The number of benzene rings is 8. The maximum absolute atomic E-state index is 6.95. The Morgan fingerprint density at radius 1 is 0.486 bits per heavy atom.